The molecule has 0 spiro atoms. The van der Waals surface area contributed by atoms with Crippen LogP contribution in [0.2, 0.25) is 0 Å². The predicted octanol–water partition coefficient (Wildman–Crippen LogP) is -1.21. The predicted molar refractivity (Wildman–Crippen MR) is 79.2 cm³/mol. The van der Waals surface area contributed by atoms with E-state index in [1.165, 1.54) is 16.1 Å². The fourth-order valence-corrected chi connectivity index (χ4v) is 3.57. The van der Waals surface area contributed by atoms with Crippen LogP contribution in [0.1, 0.15) is 40.5 Å². The Balaban J connectivity index is 0. The van der Waals surface area contributed by atoms with Crippen LogP contribution in [-0.2, 0) is 26.5 Å². The summed E-state index contributed by atoms with van der Waals surface area (Å²) in [4.78, 5) is 0.960. The van der Waals surface area contributed by atoms with Crippen molar-refractivity contribution >= 4 is 11.8 Å². The zero-order valence-corrected chi connectivity index (χ0v) is 16.8. The summed E-state index contributed by atoms with van der Waals surface area (Å²) in [5.41, 5.74) is 2.63. The molecule has 0 aliphatic heterocycles. The second kappa shape index (κ2) is 10.4. The van der Waals surface area contributed by atoms with E-state index in [1.807, 2.05) is 0 Å². The van der Waals surface area contributed by atoms with E-state index in [1.54, 1.807) is 11.8 Å². The first-order valence-electron chi connectivity index (χ1n) is 6.51. The maximum Gasteiger partial charge on any atom is 3.00 e. The summed E-state index contributed by atoms with van der Waals surface area (Å²) in [6.45, 7) is 8.52. The van der Waals surface area contributed by atoms with Gasteiger partial charge < -0.3 is 29.6 Å². The molecule has 0 fully saturated rings. The van der Waals surface area contributed by atoms with Gasteiger partial charge in [0.25, 0.3) is 0 Å². The normalized spacial score (nSPS) is 23.4. The van der Waals surface area contributed by atoms with Gasteiger partial charge in [-0.1, -0.05) is 17.7 Å². The Bertz CT molecular complexity index is 455. The number of thioether (sulfide) groups is 1. The molecule has 0 saturated heterocycles. The second-order valence-electron chi connectivity index (χ2n) is 5.15. The van der Waals surface area contributed by atoms with Crippen LogP contribution < -0.4 is 24.8 Å². The fourth-order valence-electron chi connectivity index (χ4n) is 2.27. The van der Waals surface area contributed by atoms with Crippen molar-refractivity contribution in [3.05, 3.63) is 46.4 Å². The molecule has 0 amide bonds. The van der Waals surface area contributed by atoms with Crippen molar-refractivity contribution in [2.75, 3.05) is 0 Å². The van der Waals surface area contributed by atoms with Gasteiger partial charge in [0.05, 0.1) is 6.10 Å². The maximum atomic E-state index is 6.26. The molecule has 0 aromatic carbocycles. The number of ether oxygens (including phenoxy) is 1. The van der Waals surface area contributed by atoms with Gasteiger partial charge in [0.1, 0.15) is 4.93 Å². The zero-order valence-electron chi connectivity index (χ0n) is 12.9. The number of rotatable bonds is 4. The quantitative estimate of drug-likeness (QED) is 0.344. The second-order valence-corrected chi connectivity index (χ2v) is 6.45. The van der Waals surface area contributed by atoms with Crippen LogP contribution in [0.15, 0.2) is 40.4 Å². The summed E-state index contributed by atoms with van der Waals surface area (Å²) in [6.07, 6.45) is 14.3. The minimum Gasteiger partial charge on any atom is -1.00 e. The summed E-state index contributed by atoms with van der Waals surface area (Å²) < 4.78 is 6.26. The molecular weight excluding hydrogens is 359 g/mol. The Kier molecular flexibility index (Phi) is 11.8. The Morgan fingerprint density at radius 2 is 1.95 bits per heavy atom. The fraction of sp³-hybridized carbons (Fsp3) is 0.500. The monoisotopic (exact) mass is 379 g/mol. The van der Waals surface area contributed by atoms with Gasteiger partial charge in [0.15, 0.2) is 0 Å². The minimum absolute atomic E-state index is 0. The molecular formula is C16H21Cl2OSTi. The largest absolute Gasteiger partial charge is 3.00 e. The molecule has 1 atom stereocenters. The first-order chi connectivity index (χ1) is 8.52. The van der Waals surface area contributed by atoms with Crippen molar-refractivity contribution < 1.29 is 51.3 Å². The first-order valence-corrected chi connectivity index (χ1v) is 7.33. The van der Waals surface area contributed by atoms with Crippen molar-refractivity contribution in [3.63, 3.8) is 0 Å². The molecule has 21 heavy (non-hydrogen) atoms. The molecule has 1 radical (unpaired) electrons. The van der Waals surface area contributed by atoms with Gasteiger partial charge in [0.2, 0.25) is 0 Å². The Morgan fingerprint density at radius 1 is 1.29 bits per heavy atom. The molecule has 115 valence electrons. The molecule has 0 bridgehead atoms. The number of halogens is 2. The molecule has 5 heteroatoms. The van der Waals surface area contributed by atoms with Crippen LogP contribution in [0, 0.1) is 6.08 Å². The summed E-state index contributed by atoms with van der Waals surface area (Å²) in [6, 6.07) is 0. The van der Waals surface area contributed by atoms with Crippen LogP contribution in [0.25, 0.3) is 0 Å². The third kappa shape index (κ3) is 6.29. The van der Waals surface area contributed by atoms with E-state index < -0.39 is 0 Å². The van der Waals surface area contributed by atoms with Crippen molar-refractivity contribution in [3.8, 4) is 0 Å². The molecule has 2 aliphatic carbocycles. The smallest absolute Gasteiger partial charge is 1.00 e. The molecule has 0 heterocycles. The molecule has 0 N–H and O–H groups in total. The topological polar surface area (TPSA) is 9.23 Å². The van der Waals surface area contributed by atoms with Gasteiger partial charge >= 0.3 is 21.7 Å². The van der Waals surface area contributed by atoms with Crippen molar-refractivity contribution in [1.29, 1.82) is 0 Å². The number of allylic oxidation sites excluding steroid dienone is 5. The van der Waals surface area contributed by atoms with E-state index >= 15 is 0 Å². The maximum absolute atomic E-state index is 6.26. The molecule has 2 rings (SSSR count). The van der Waals surface area contributed by atoms with Crippen molar-refractivity contribution in [2.45, 2.75) is 51.6 Å². The van der Waals surface area contributed by atoms with Gasteiger partial charge in [-0.15, -0.1) is 18.2 Å². The first kappa shape index (κ1) is 23.8. The molecule has 0 saturated carbocycles. The van der Waals surface area contributed by atoms with E-state index in [0.717, 1.165) is 12.8 Å². The molecule has 1 nitrogen and oxygen atoms in total. The molecule has 0 aromatic heterocycles. The third-order valence-corrected chi connectivity index (χ3v) is 4.52. The number of hydrogen-bond donors (Lipinski definition) is 0. The van der Waals surface area contributed by atoms with E-state index in [-0.39, 0.29) is 57.6 Å². The Morgan fingerprint density at radius 3 is 2.43 bits per heavy atom. The standard InChI is InChI=1S/C16H21OS.2ClH.Ti/c1-12(2)17-16(18-15-7-5-6-8-15)10-9-13(3)11-14(16)4;;;/h5,7,9,11-12H,6,10H2,1-4H3;2*1H;/q-1;;;+3/p-2. The molecule has 2 aliphatic rings. The Hall–Kier alpha value is 0.564. The van der Waals surface area contributed by atoms with Gasteiger partial charge in [0, 0.05) is 6.42 Å². The summed E-state index contributed by atoms with van der Waals surface area (Å²) >= 11 is 1.80. The van der Waals surface area contributed by atoms with E-state index in [2.05, 4.69) is 58.1 Å². The van der Waals surface area contributed by atoms with E-state index in [0.29, 0.717) is 0 Å². The summed E-state index contributed by atoms with van der Waals surface area (Å²) in [5, 5.41) is 0. The van der Waals surface area contributed by atoms with Gasteiger partial charge in [-0.3, -0.25) is 6.08 Å². The molecule has 1 unspecified atom stereocenters. The number of hydrogen-bond acceptors (Lipinski definition) is 2. The average Bonchev–Trinajstić information content (AvgIpc) is 2.76. The Labute approximate surface area is 160 Å². The third-order valence-electron chi connectivity index (χ3n) is 3.10. The van der Waals surface area contributed by atoms with Gasteiger partial charge in [-0.05, 0) is 33.3 Å². The van der Waals surface area contributed by atoms with Crippen LogP contribution in [-0.4, -0.2) is 11.0 Å². The van der Waals surface area contributed by atoms with Crippen LogP contribution in [0.4, 0.5) is 0 Å². The van der Waals surface area contributed by atoms with Gasteiger partial charge in [-0.2, -0.15) is 11.0 Å². The van der Waals surface area contributed by atoms with Crippen LogP contribution >= 0.6 is 11.8 Å². The minimum atomic E-state index is -0.245. The summed E-state index contributed by atoms with van der Waals surface area (Å²) in [7, 11) is 0. The van der Waals surface area contributed by atoms with Crippen LogP contribution in [0.3, 0.4) is 0 Å². The summed E-state index contributed by atoms with van der Waals surface area (Å²) in [5.74, 6) is 0. The average molecular weight is 380 g/mol. The van der Waals surface area contributed by atoms with Gasteiger partial charge in [-0.25, -0.2) is 6.08 Å². The van der Waals surface area contributed by atoms with Crippen molar-refractivity contribution in [2.24, 2.45) is 0 Å². The van der Waals surface area contributed by atoms with Crippen molar-refractivity contribution in [1.82, 2.24) is 0 Å². The van der Waals surface area contributed by atoms with Crippen LogP contribution in [0.5, 0.6) is 0 Å². The SMILES string of the molecule is CC1=CCC(OC(C)C)(SC2=[C-]CC=C2)C(C)=C1.[Cl-].[Cl-].[Ti+3]. The zero-order chi connectivity index (χ0) is 13.2. The molecule has 0 aromatic rings. The van der Waals surface area contributed by atoms with E-state index in [9.17, 15) is 0 Å². The van der Waals surface area contributed by atoms with E-state index in [4.69, 9.17) is 4.74 Å².